The van der Waals surface area contributed by atoms with Crippen molar-refractivity contribution in [3.63, 3.8) is 0 Å². The van der Waals surface area contributed by atoms with Gasteiger partial charge in [-0.05, 0) is 30.9 Å². The molecule has 6 nitrogen and oxygen atoms in total. The Bertz CT molecular complexity index is 866. The quantitative estimate of drug-likeness (QED) is 0.721. The summed E-state index contributed by atoms with van der Waals surface area (Å²) in [6.45, 7) is 3.92. The van der Waals surface area contributed by atoms with Crippen molar-refractivity contribution >= 4 is 33.2 Å². The highest BCUT2D eigenvalue weighted by atomic mass is 32.1. The number of thiophene rings is 1. The molecule has 0 N–H and O–H groups in total. The predicted molar refractivity (Wildman–Crippen MR) is 91.1 cm³/mol. The van der Waals surface area contributed by atoms with Crippen molar-refractivity contribution in [2.24, 2.45) is 0 Å². The Morgan fingerprint density at radius 3 is 2.83 bits per heavy atom. The van der Waals surface area contributed by atoms with Crippen molar-refractivity contribution in [2.45, 2.75) is 25.4 Å². The summed E-state index contributed by atoms with van der Waals surface area (Å²) in [5, 5.41) is 3.27. The number of rotatable bonds is 2. The molecule has 0 amide bonds. The summed E-state index contributed by atoms with van der Waals surface area (Å²) in [6, 6.07) is 5.14. The lowest BCUT2D eigenvalue weighted by Crippen LogP contribution is -2.69. The highest BCUT2D eigenvalue weighted by molar-refractivity contribution is 7.16. The van der Waals surface area contributed by atoms with Crippen LogP contribution in [-0.4, -0.2) is 45.1 Å². The van der Waals surface area contributed by atoms with E-state index in [4.69, 9.17) is 0 Å². The second-order valence-electron chi connectivity index (χ2n) is 6.15. The van der Waals surface area contributed by atoms with Crippen molar-refractivity contribution in [1.82, 2.24) is 19.9 Å². The first-order valence-corrected chi connectivity index (χ1v) is 8.69. The third-order valence-electron chi connectivity index (χ3n) is 4.76. The van der Waals surface area contributed by atoms with Gasteiger partial charge in [0, 0.05) is 19.3 Å². The molecule has 2 bridgehead atoms. The Morgan fingerprint density at radius 2 is 2.00 bits per heavy atom. The van der Waals surface area contributed by atoms with Gasteiger partial charge in [0.05, 0.1) is 17.5 Å². The molecule has 3 aromatic heterocycles. The molecule has 116 valence electrons. The van der Waals surface area contributed by atoms with Gasteiger partial charge in [-0.3, -0.25) is 0 Å². The lowest BCUT2D eigenvalue weighted by molar-refractivity contribution is 0.288. The zero-order valence-corrected chi connectivity index (χ0v) is 13.6. The Kier molecular flexibility index (Phi) is 2.78. The fourth-order valence-electron chi connectivity index (χ4n) is 3.75. The highest BCUT2D eigenvalue weighted by Gasteiger charge is 2.46. The van der Waals surface area contributed by atoms with E-state index in [2.05, 4.69) is 41.2 Å². The van der Waals surface area contributed by atoms with Crippen LogP contribution < -0.4 is 9.80 Å². The first-order chi connectivity index (χ1) is 11.3. The van der Waals surface area contributed by atoms with Gasteiger partial charge in [-0.1, -0.05) is 0 Å². The van der Waals surface area contributed by atoms with Crippen LogP contribution in [0.15, 0.2) is 30.0 Å². The minimum atomic E-state index is 0.502. The van der Waals surface area contributed by atoms with Crippen LogP contribution in [0.25, 0.3) is 10.2 Å². The Balaban J connectivity index is 1.44. The van der Waals surface area contributed by atoms with E-state index in [0.29, 0.717) is 12.1 Å². The van der Waals surface area contributed by atoms with Gasteiger partial charge in [-0.2, -0.15) is 0 Å². The van der Waals surface area contributed by atoms with Gasteiger partial charge < -0.3 is 9.80 Å². The molecule has 3 aromatic rings. The van der Waals surface area contributed by atoms with Crippen LogP contribution in [0.2, 0.25) is 0 Å². The molecule has 0 aliphatic carbocycles. The molecule has 0 spiro atoms. The Labute approximate surface area is 137 Å². The first-order valence-electron chi connectivity index (χ1n) is 7.81. The maximum atomic E-state index is 4.57. The number of anilines is 2. The second-order valence-corrected chi connectivity index (χ2v) is 7.05. The monoisotopic (exact) mass is 324 g/mol. The summed E-state index contributed by atoms with van der Waals surface area (Å²) >= 11 is 1.68. The number of aromatic nitrogens is 4. The summed E-state index contributed by atoms with van der Waals surface area (Å²) in [5.74, 6) is 2.96. The van der Waals surface area contributed by atoms with Crippen molar-refractivity contribution in [2.75, 3.05) is 22.9 Å². The van der Waals surface area contributed by atoms with Gasteiger partial charge in [0.2, 0.25) is 0 Å². The maximum absolute atomic E-state index is 4.57. The van der Waals surface area contributed by atoms with E-state index in [0.717, 1.165) is 35.4 Å². The molecule has 3 saturated heterocycles. The normalized spacial score (nSPS) is 23.2. The van der Waals surface area contributed by atoms with Gasteiger partial charge in [-0.15, -0.1) is 11.3 Å². The summed E-state index contributed by atoms with van der Waals surface area (Å²) in [7, 11) is 0. The van der Waals surface area contributed by atoms with E-state index >= 15 is 0 Å². The average molecular weight is 324 g/mol. The molecule has 0 aromatic carbocycles. The fraction of sp³-hybridized carbons (Fsp3) is 0.375. The van der Waals surface area contributed by atoms with Crippen molar-refractivity contribution in [1.29, 1.82) is 0 Å². The number of piperidine rings is 1. The van der Waals surface area contributed by atoms with Gasteiger partial charge in [-0.25, -0.2) is 19.9 Å². The SMILES string of the molecule is Cc1nccc(N2CC3CC(C2)N3c2ncnc3sccc23)n1. The van der Waals surface area contributed by atoms with Gasteiger partial charge in [0.25, 0.3) is 0 Å². The van der Waals surface area contributed by atoms with Crippen LogP contribution in [0.1, 0.15) is 12.2 Å². The number of hydrogen-bond acceptors (Lipinski definition) is 7. The Hall–Kier alpha value is -2.28. The van der Waals surface area contributed by atoms with E-state index in [1.54, 1.807) is 17.7 Å². The van der Waals surface area contributed by atoms with Crippen LogP contribution >= 0.6 is 11.3 Å². The lowest BCUT2D eigenvalue weighted by Gasteiger charge is -2.57. The molecular weight excluding hydrogens is 308 g/mol. The average Bonchev–Trinajstić information content (AvgIpc) is 3.04. The van der Waals surface area contributed by atoms with E-state index in [1.807, 2.05) is 19.2 Å². The summed E-state index contributed by atoms with van der Waals surface area (Å²) in [4.78, 5) is 23.6. The number of nitrogens with zero attached hydrogens (tertiary/aromatic N) is 6. The fourth-order valence-corrected chi connectivity index (χ4v) is 4.47. The highest BCUT2D eigenvalue weighted by Crippen LogP contribution is 2.40. The number of hydrogen-bond donors (Lipinski definition) is 0. The molecule has 2 unspecified atom stereocenters. The molecule has 3 aliphatic rings. The first kappa shape index (κ1) is 13.2. The molecule has 3 fully saturated rings. The lowest BCUT2D eigenvalue weighted by atomic mass is 9.87. The minimum Gasteiger partial charge on any atom is -0.352 e. The van der Waals surface area contributed by atoms with Crippen LogP contribution in [0, 0.1) is 6.92 Å². The minimum absolute atomic E-state index is 0.502. The molecule has 6 heterocycles. The predicted octanol–water partition coefficient (Wildman–Crippen LogP) is 2.26. The topological polar surface area (TPSA) is 58.0 Å². The van der Waals surface area contributed by atoms with E-state index in [9.17, 15) is 0 Å². The van der Waals surface area contributed by atoms with Crippen molar-refractivity contribution < 1.29 is 0 Å². The standard InChI is InChI=1S/C16H16N6S/c1-10-17-4-2-14(20-10)21-7-11-6-12(8-21)22(11)15-13-3-5-23-16(13)19-9-18-15/h2-5,9,11-12H,6-8H2,1H3. The smallest absolute Gasteiger partial charge is 0.141 e. The number of aryl methyl sites for hydroxylation is 1. The molecule has 7 heteroatoms. The Morgan fingerprint density at radius 1 is 1.13 bits per heavy atom. The zero-order chi connectivity index (χ0) is 15.4. The largest absolute Gasteiger partial charge is 0.352 e. The zero-order valence-electron chi connectivity index (χ0n) is 12.8. The molecule has 2 atom stereocenters. The van der Waals surface area contributed by atoms with Crippen LogP contribution in [-0.2, 0) is 0 Å². The van der Waals surface area contributed by atoms with Crippen LogP contribution in [0.4, 0.5) is 11.6 Å². The third kappa shape index (κ3) is 1.99. The van der Waals surface area contributed by atoms with E-state index < -0.39 is 0 Å². The van der Waals surface area contributed by atoms with Gasteiger partial charge >= 0.3 is 0 Å². The summed E-state index contributed by atoms with van der Waals surface area (Å²) < 4.78 is 0. The third-order valence-corrected chi connectivity index (χ3v) is 5.58. The molecule has 0 saturated carbocycles. The molecule has 23 heavy (non-hydrogen) atoms. The number of fused-ring (bicyclic) bond motifs is 3. The van der Waals surface area contributed by atoms with Crippen molar-refractivity contribution in [3.8, 4) is 0 Å². The summed E-state index contributed by atoms with van der Waals surface area (Å²) in [5.41, 5.74) is 0. The van der Waals surface area contributed by atoms with Crippen LogP contribution in [0.3, 0.4) is 0 Å². The maximum Gasteiger partial charge on any atom is 0.141 e. The number of piperazine rings is 1. The van der Waals surface area contributed by atoms with Gasteiger partial charge in [0.15, 0.2) is 0 Å². The van der Waals surface area contributed by atoms with Crippen molar-refractivity contribution in [3.05, 3.63) is 35.9 Å². The van der Waals surface area contributed by atoms with Crippen LogP contribution in [0.5, 0.6) is 0 Å². The second kappa shape index (κ2) is 4.86. The van der Waals surface area contributed by atoms with E-state index in [-0.39, 0.29) is 0 Å². The van der Waals surface area contributed by atoms with Gasteiger partial charge in [0.1, 0.15) is 28.6 Å². The summed E-state index contributed by atoms with van der Waals surface area (Å²) in [6.07, 6.45) is 4.76. The van der Waals surface area contributed by atoms with E-state index in [1.165, 1.54) is 11.8 Å². The molecule has 6 rings (SSSR count). The molecule has 3 aliphatic heterocycles. The molecular formula is C16H16N6S. The molecule has 0 radical (unpaired) electrons.